The molecular weight excluding hydrogens is 230 g/mol. The maximum atomic E-state index is 12.1. The van der Waals surface area contributed by atoms with Crippen LogP contribution in [0.1, 0.15) is 23.3 Å². The third kappa shape index (κ3) is 2.48. The number of nitrogens with one attached hydrogen (secondary N) is 1. The molecule has 0 aromatic carbocycles. The number of anilines is 1. The van der Waals surface area contributed by atoms with Crippen molar-refractivity contribution in [3.05, 3.63) is 11.8 Å². The number of amides is 1. The number of hydrogen-bond donors (Lipinski definition) is 2. The summed E-state index contributed by atoms with van der Waals surface area (Å²) >= 11 is 0. The number of nitrogen functional groups attached to an aromatic ring is 1. The van der Waals surface area contributed by atoms with Crippen molar-refractivity contribution in [3.8, 4) is 0 Å². The number of piperazine rings is 1. The van der Waals surface area contributed by atoms with Crippen LogP contribution in [0.4, 0.5) is 5.82 Å². The Hall–Kier alpha value is -1.56. The van der Waals surface area contributed by atoms with Crippen LogP contribution in [-0.2, 0) is 0 Å². The van der Waals surface area contributed by atoms with Gasteiger partial charge in [0.15, 0.2) is 0 Å². The Kier molecular flexibility index (Phi) is 2.95. The van der Waals surface area contributed by atoms with E-state index in [1.807, 2.05) is 4.90 Å². The van der Waals surface area contributed by atoms with E-state index >= 15 is 0 Å². The van der Waals surface area contributed by atoms with Crippen molar-refractivity contribution in [1.82, 2.24) is 20.0 Å². The van der Waals surface area contributed by atoms with Gasteiger partial charge in [-0.2, -0.15) is 5.10 Å². The minimum atomic E-state index is 0.00488. The molecule has 1 amide bonds. The second kappa shape index (κ2) is 4.61. The molecule has 2 aliphatic rings. The molecule has 6 nitrogen and oxygen atoms in total. The first kappa shape index (κ1) is 11.5. The summed E-state index contributed by atoms with van der Waals surface area (Å²) in [6.45, 7) is 4.76. The largest absolute Gasteiger partial charge is 0.382 e. The van der Waals surface area contributed by atoms with E-state index in [1.165, 1.54) is 19.4 Å². The van der Waals surface area contributed by atoms with Gasteiger partial charge >= 0.3 is 0 Å². The standard InChI is InChI=1S/C12H19N5O/c13-11-7-10(14-15-11)12(18)17-5-3-16(4-6-17)8-9-1-2-9/h7,9H,1-6,8H2,(H3,13,14,15). The number of H-pyrrole nitrogens is 1. The summed E-state index contributed by atoms with van der Waals surface area (Å²) in [6, 6.07) is 1.60. The van der Waals surface area contributed by atoms with Crippen molar-refractivity contribution in [3.63, 3.8) is 0 Å². The molecule has 2 heterocycles. The molecule has 1 aromatic rings. The van der Waals surface area contributed by atoms with E-state index in [9.17, 15) is 4.79 Å². The van der Waals surface area contributed by atoms with E-state index in [2.05, 4.69) is 15.1 Å². The highest BCUT2D eigenvalue weighted by Crippen LogP contribution is 2.29. The normalized spacial score (nSPS) is 21.2. The van der Waals surface area contributed by atoms with Crippen LogP contribution in [0.5, 0.6) is 0 Å². The van der Waals surface area contributed by atoms with Gasteiger partial charge in [-0.1, -0.05) is 0 Å². The molecule has 0 spiro atoms. The lowest BCUT2D eigenvalue weighted by atomic mass is 10.2. The molecule has 1 saturated heterocycles. The lowest BCUT2D eigenvalue weighted by molar-refractivity contribution is 0.0626. The van der Waals surface area contributed by atoms with Crippen molar-refractivity contribution >= 4 is 11.7 Å². The van der Waals surface area contributed by atoms with Crippen LogP contribution in [0, 0.1) is 5.92 Å². The fourth-order valence-corrected chi connectivity index (χ4v) is 2.42. The van der Waals surface area contributed by atoms with Crippen LogP contribution >= 0.6 is 0 Å². The highest BCUT2D eigenvalue weighted by atomic mass is 16.2. The number of hydrogen-bond acceptors (Lipinski definition) is 4. The van der Waals surface area contributed by atoms with Crippen LogP contribution in [-0.4, -0.2) is 58.6 Å². The van der Waals surface area contributed by atoms with E-state index in [0.717, 1.165) is 32.1 Å². The SMILES string of the molecule is Nc1cc(C(=O)N2CCN(CC3CC3)CC2)[nH]n1. The van der Waals surface area contributed by atoms with Crippen molar-refractivity contribution in [2.24, 2.45) is 5.92 Å². The first-order chi connectivity index (χ1) is 8.72. The van der Waals surface area contributed by atoms with Gasteiger partial charge in [0.05, 0.1) is 0 Å². The van der Waals surface area contributed by atoms with Gasteiger partial charge in [-0.25, -0.2) is 0 Å². The van der Waals surface area contributed by atoms with Crippen molar-refractivity contribution in [2.45, 2.75) is 12.8 Å². The van der Waals surface area contributed by atoms with Gasteiger partial charge in [-0.3, -0.25) is 14.8 Å². The van der Waals surface area contributed by atoms with E-state index in [1.54, 1.807) is 6.07 Å². The van der Waals surface area contributed by atoms with Crippen LogP contribution in [0.2, 0.25) is 0 Å². The summed E-state index contributed by atoms with van der Waals surface area (Å²) in [6.07, 6.45) is 2.76. The molecule has 1 aromatic heterocycles. The summed E-state index contributed by atoms with van der Waals surface area (Å²) in [5.41, 5.74) is 6.00. The first-order valence-electron chi connectivity index (χ1n) is 6.55. The highest BCUT2D eigenvalue weighted by molar-refractivity contribution is 5.93. The van der Waals surface area contributed by atoms with Crippen molar-refractivity contribution in [2.75, 3.05) is 38.5 Å². The minimum absolute atomic E-state index is 0.00488. The van der Waals surface area contributed by atoms with Crippen LogP contribution in [0.3, 0.4) is 0 Å². The topological polar surface area (TPSA) is 78.3 Å². The van der Waals surface area contributed by atoms with Crippen LogP contribution < -0.4 is 5.73 Å². The molecule has 3 rings (SSSR count). The Morgan fingerprint density at radius 1 is 1.39 bits per heavy atom. The lowest BCUT2D eigenvalue weighted by Crippen LogP contribution is -2.49. The molecule has 3 N–H and O–H groups in total. The second-order valence-electron chi connectivity index (χ2n) is 5.24. The van der Waals surface area contributed by atoms with Gasteiger partial charge in [0.1, 0.15) is 11.5 Å². The molecule has 0 atom stereocenters. The molecule has 1 aliphatic carbocycles. The molecule has 6 heteroatoms. The quantitative estimate of drug-likeness (QED) is 0.800. The van der Waals surface area contributed by atoms with Gasteiger partial charge in [0.25, 0.3) is 5.91 Å². The Bertz CT molecular complexity index is 431. The molecule has 18 heavy (non-hydrogen) atoms. The predicted octanol–water partition coefficient (Wildman–Crippen LogP) is 0.160. The van der Waals surface area contributed by atoms with E-state index in [4.69, 9.17) is 5.73 Å². The Labute approximate surface area is 106 Å². The van der Waals surface area contributed by atoms with Crippen molar-refractivity contribution < 1.29 is 4.79 Å². The predicted molar refractivity (Wildman–Crippen MR) is 68.1 cm³/mol. The summed E-state index contributed by atoms with van der Waals surface area (Å²) in [7, 11) is 0. The zero-order chi connectivity index (χ0) is 12.5. The van der Waals surface area contributed by atoms with Crippen molar-refractivity contribution in [1.29, 1.82) is 0 Å². The van der Waals surface area contributed by atoms with Gasteiger partial charge in [0, 0.05) is 38.8 Å². The molecule has 1 aliphatic heterocycles. The van der Waals surface area contributed by atoms with E-state index in [0.29, 0.717) is 11.5 Å². The van der Waals surface area contributed by atoms with Gasteiger partial charge in [-0.05, 0) is 18.8 Å². The Balaban J connectivity index is 1.53. The zero-order valence-corrected chi connectivity index (χ0v) is 10.4. The van der Waals surface area contributed by atoms with Gasteiger partial charge < -0.3 is 10.6 Å². The number of carbonyl (C=O) groups excluding carboxylic acids is 1. The molecule has 0 unspecified atom stereocenters. The number of nitrogens with zero attached hydrogens (tertiary/aromatic N) is 3. The molecule has 98 valence electrons. The maximum absolute atomic E-state index is 12.1. The number of aromatic nitrogens is 2. The minimum Gasteiger partial charge on any atom is -0.382 e. The smallest absolute Gasteiger partial charge is 0.272 e. The lowest BCUT2D eigenvalue weighted by Gasteiger charge is -2.34. The zero-order valence-electron chi connectivity index (χ0n) is 10.4. The third-order valence-electron chi connectivity index (χ3n) is 3.70. The molecule has 1 saturated carbocycles. The van der Waals surface area contributed by atoms with Crippen LogP contribution in [0.25, 0.3) is 0 Å². The average molecular weight is 249 g/mol. The first-order valence-corrected chi connectivity index (χ1v) is 6.55. The van der Waals surface area contributed by atoms with Gasteiger partial charge in [-0.15, -0.1) is 0 Å². The summed E-state index contributed by atoms with van der Waals surface area (Å²) in [4.78, 5) is 16.5. The number of rotatable bonds is 3. The number of nitrogens with two attached hydrogens (primary N) is 1. The average Bonchev–Trinajstić information content (AvgIpc) is 3.09. The molecule has 0 radical (unpaired) electrons. The Morgan fingerprint density at radius 2 is 2.11 bits per heavy atom. The fourth-order valence-electron chi connectivity index (χ4n) is 2.42. The third-order valence-corrected chi connectivity index (χ3v) is 3.70. The summed E-state index contributed by atoms with van der Waals surface area (Å²) in [5, 5.41) is 6.47. The molecule has 2 fully saturated rings. The van der Waals surface area contributed by atoms with E-state index < -0.39 is 0 Å². The number of aromatic amines is 1. The number of carbonyl (C=O) groups is 1. The Morgan fingerprint density at radius 3 is 2.67 bits per heavy atom. The van der Waals surface area contributed by atoms with Gasteiger partial charge in [0.2, 0.25) is 0 Å². The maximum Gasteiger partial charge on any atom is 0.272 e. The summed E-state index contributed by atoms with van der Waals surface area (Å²) < 4.78 is 0. The monoisotopic (exact) mass is 249 g/mol. The molecular formula is C12H19N5O. The second-order valence-corrected chi connectivity index (χ2v) is 5.24. The fraction of sp³-hybridized carbons (Fsp3) is 0.667. The van der Waals surface area contributed by atoms with Crippen LogP contribution in [0.15, 0.2) is 6.07 Å². The highest BCUT2D eigenvalue weighted by Gasteiger charge is 2.28. The summed E-state index contributed by atoms with van der Waals surface area (Å²) in [5.74, 6) is 1.29. The van der Waals surface area contributed by atoms with E-state index in [-0.39, 0.29) is 5.91 Å². The molecule has 0 bridgehead atoms.